The maximum atomic E-state index is 12.0. The third-order valence-corrected chi connectivity index (χ3v) is 3.41. The molecule has 0 aliphatic heterocycles. The summed E-state index contributed by atoms with van der Waals surface area (Å²) in [5.74, 6) is 0.0700. The number of amides is 1. The molecule has 0 saturated heterocycles. The van der Waals surface area contributed by atoms with E-state index in [0.717, 1.165) is 25.8 Å². The van der Waals surface area contributed by atoms with Crippen LogP contribution >= 0.6 is 0 Å². The van der Waals surface area contributed by atoms with Crippen molar-refractivity contribution >= 4 is 5.91 Å². The van der Waals surface area contributed by atoms with Crippen molar-refractivity contribution in [2.45, 2.75) is 58.0 Å². The zero-order valence-electron chi connectivity index (χ0n) is 10.9. The Kier molecular flexibility index (Phi) is 5.99. The zero-order valence-corrected chi connectivity index (χ0v) is 10.9. The fourth-order valence-electron chi connectivity index (χ4n) is 2.35. The van der Waals surface area contributed by atoms with Crippen molar-refractivity contribution in [3.8, 4) is 6.07 Å². The highest BCUT2D eigenvalue weighted by molar-refractivity contribution is 5.81. The standard InChI is InChI=1S/C13H23N3O/c1-3-9-16(10-8-14)11(2)13(17)15-12-6-4-5-7-12/h11-12H,3-7,9-10H2,1-2H3,(H,15,17). The van der Waals surface area contributed by atoms with Crippen LogP contribution in [0.25, 0.3) is 0 Å². The Hall–Kier alpha value is -1.08. The van der Waals surface area contributed by atoms with E-state index < -0.39 is 0 Å². The first kappa shape index (κ1) is 14.0. The van der Waals surface area contributed by atoms with Gasteiger partial charge in [-0.15, -0.1) is 0 Å². The van der Waals surface area contributed by atoms with Gasteiger partial charge >= 0.3 is 0 Å². The second-order valence-electron chi connectivity index (χ2n) is 4.79. The minimum Gasteiger partial charge on any atom is -0.352 e. The predicted octanol–water partition coefficient (Wildman–Crippen LogP) is 1.67. The van der Waals surface area contributed by atoms with Crippen LogP contribution in [-0.4, -0.2) is 36.0 Å². The number of hydrogen-bond acceptors (Lipinski definition) is 3. The Labute approximate surface area is 104 Å². The van der Waals surface area contributed by atoms with Gasteiger partial charge in [0.1, 0.15) is 0 Å². The third-order valence-electron chi connectivity index (χ3n) is 3.41. The van der Waals surface area contributed by atoms with Crippen molar-refractivity contribution in [2.75, 3.05) is 13.1 Å². The summed E-state index contributed by atoms with van der Waals surface area (Å²) in [6.45, 7) is 5.07. The van der Waals surface area contributed by atoms with E-state index in [2.05, 4.69) is 18.3 Å². The van der Waals surface area contributed by atoms with Gasteiger partial charge in [0.2, 0.25) is 5.91 Å². The van der Waals surface area contributed by atoms with Gasteiger partial charge in [0, 0.05) is 6.04 Å². The lowest BCUT2D eigenvalue weighted by atomic mass is 10.2. The zero-order chi connectivity index (χ0) is 12.7. The molecule has 1 aliphatic rings. The maximum absolute atomic E-state index is 12.0. The summed E-state index contributed by atoms with van der Waals surface area (Å²) in [5.41, 5.74) is 0. The second kappa shape index (κ2) is 7.29. The van der Waals surface area contributed by atoms with Gasteiger partial charge in [0.05, 0.1) is 18.7 Å². The molecule has 0 aromatic rings. The van der Waals surface area contributed by atoms with Gasteiger partial charge < -0.3 is 5.32 Å². The van der Waals surface area contributed by atoms with Crippen molar-refractivity contribution in [3.05, 3.63) is 0 Å². The summed E-state index contributed by atoms with van der Waals surface area (Å²) in [5, 5.41) is 11.8. The number of nitriles is 1. The molecule has 1 rings (SSSR count). The van der Waals surface area contributed by atoms with Crippen molar-refractivity contribution < 1.29 is 4.79 Å². The molecule has 0 aromatic heterocycles. The lowest BCUT2D eigenvalue weighted by Gasteiger charge is -2.26. The largest absolute Gasteiger partial charge is 0.352 e. The normalized spacial score (nSPS) is 18.0. The van der Waals surface area contributed by atoms with E-state index in [0.29, 0.717) is 12.6 Å². The molecule has 0 heterocycles. The molecule has 96 valence electrons. The molecule has 1 fully saturated rings. The van der Waals surface area contributed by atoms with E-state index in [1.165, 1.54) is 12.8 Å². The number of carbonyl (C=O) groups is 1. The van der Waals surface area contributed by atoms with E-state index >= 15 is 0 Å². The Bertz CT molecular complexity index is 279. The average molecular weight is 237 g/mol. The molecule has 1 amide bonds. The molecule has 0 bridgehead atoms. The highest BCUT2D eigenvalue weighted by Crippen LogP contribution is 2.17. The Morgan fingerprint density at radius 2 is 2.18 bits per heavy atom. The van der Waals surface area contributed by atoms with Gasteiger partial charge in [-0.2, -0.15) is 5.26 Å². The summed E-state index contributed by atoms with van der Waals surface area (Å²) >= 11 is 0. The molecular formula is C13H23N3O. The van der Waals surface area contributed by atoms with Gasteiger partial charge in [-0.3, -0.25) is 9.69 Å². The Morgan fingerprint density at radius 1 is 1.53 bits per heavy atom. The van der Waals surface area contributed by atoms with E-state index in [4.69, 9.17) is 5.26 Å². The second-order valence-corrected chi connectivity index (χ2v) is 4.79. The Balaban J connectivity index is 2.44. The van der Waals surface area contributed by atoms with E-state index in [1.54, 1.807) is 0 Å². The van der Waals surface area contributed by atoms with Gasteiger partial charge in [-0.1, -0.05) is 19.8 Å². The number of nitrogens with zero attached hydrogens (tertiary/aromatic N) is 2. The molecule has 1 N–H and O–H groups in total. The molecule has 0 spiro atoms. The smallest absolute Gasteiger partial charge is 0.237 e. The van der Waals surface area contributed by atoms with E-state index in [9.17, 15) is 4.79 Å². The van der Waals surface area contributed by atoms with Crippen molar-refractivity contribution in [3.63, 3.8) is 0 Å². The van der Waals surface area contributed by atoms with Crippen molar-refractivity contribution in [2.24, 2.45) is 0 Å². The van der Waals surface area contributed by atoms with Crippen LogP contribution in [0.2, 0.25) is 0 Å². The SMILES string of the molecule is CCCN(CC#N)C(C)C(=O)NC1CCCC1. The average Bonchev–Trinajstić information content (AvgIpc) is 2.80. The van der Waals surface area contributed by atoms with Crippen LogP contribution in [0.1, 0.15) is 46.0 Å². The number of rotatable bonds is 6. The molecule has 4 heteroatoms. The molecule has 1 saturated carbocycles. The summed E-state index contributed by atoms with van der Waals surface area (Å²) in [7, 11) is 0. The minimum atomic E-state index is -0.199. The van der Waals surface area contributed by atoms with Crippen molar-refractivity contribution in [1.82, 2.24) is 10.2 Å². The summed E-state index contributed by atoms with van der Waals surface area (Å²) in [4.78, 5) is 14.0. The molecule has 0 aromatic carbocycles. The van der Waals surface area contributed by atoms with Crippen LogP contribution in [0.3, 0.4) is 0 Å². The van der Waals surface area contributed by atoms with Crippen LogP contribution < -0.4 is 5.32 Å². The molecule has 17 heavy (non-hydrogen) atoms. The number of carbonyl (C=O) groups excluding carboxylic acids is 1. The fourth-order valence-corrected chi connectivity index (χ4v) is 2.35. The lowest BCUT2D eigenvalue weighted by molar-refractivity contribution is -0.126. The van der Waals surface area contributed by atoms with E-state index in [1.807, 2.05) is 11.8 Å². The van der Waals surface area contributed by atoms with Crippen LogP contribution in [0.5, 0.6) is 0 Å². The predicted molar refractivity (Wildman–Crippen MR) is 67.3 cm³/mol. The summed E-state index contributed by atoms with van der Waals surface area (Å²) in [6, 6.07) is 2.29. The molecular weight excluding hydrogens is 214 g/mol. The van der Waals surface area contributed by atoms with Crippen LogP contribution in [-0.2, 0) is 4.79 Å². The maximum Gasteiger partial charge on any atom is 0.237 e. The van der Waals surface area contributed by atoms with Gasteiger partial charge in [0.25, 0.3) is 0 Å². The van der Waals surface area contributed by atoms with Crippen molar-refractivity contribution in [1.29, 1.82) is 5.26 Å². The molecule has 0 radical (unpaired) electrons. The highest BCUT2D eigenvalue weighted by Gasteiger charge is 2.24. The summed E-state index contributed by atoms with van der Waals surface area (Å²) in [6.07, 6.45) is 5.60. The molecule has 4 nitrogen and oxygen atoms in total. The quantitative estimate of drug-likeness (QED) is 0.715. The first-order valence-electron chi connectivity index (χ1n) is 6.60. The van der Waals surface area contributed by atoms with Crippen LogP contribution in [0.4, 0.5) is 0 Å². The van der Waals surface area contributed by atoms with E-state index in [-0.39, 0.29) is 11.9 Å². The number of hydrogen-bond donors (Lipinski definition) is 1. The van der Waals surface area contributed by atoms with Crippen LogP contribution in [0.15, 0.2) is 0 Å². The monoisotopic (exact) mass is 237 g/mol. The lowest BCUT2D eigenvalue weighted by Crippen LogP contribution is -2.48. The molecule has 1 unspecified atom stereocenters. The first-order valence-corrected chi connectivity index (χ1v) is 6.60. The summed E-state index contributed by atoms with van der Waals surface area (Å²) < 4.78 is 0. The number of nitrogens with one attached hydrogen (secondary N) is 1. The fraction of sp³-hybridized carbons (Fsp3) is 0.846. The van der Waals surface area contributed by atoms with Crippen LogP contribution in [0, 0.1) is 11.3 Å². The molecule has 1 atom stereocenters. The first-order chi connectivity index (χ1) is 8.19. The van der Waals surface area contributed by atoms with Gasteiger partial charge in [-0.05, 0) is 32.7 Å². The van der Waals surface area contributed by atoms with Gasteiger partial charge in [0.15, 0.2) is 0 Å². The topological polar surface area (TPSA) is 56.1 Å². The Morgan fingerprint density at radius 3 is 2.71 bits per heavy atom. The minimum absolute atomic E-state index is 0.0700. The highest BCUT2D eigenvalue weighted by atomic mass is 16.2. The van der Waals surface area contributed by atoms with Gasteiger partial charge in [-0.25, -0.2) is 0 Å². The third kappa shape index (κ3) is 4.35. The molecule has 1 aliphatic carbocycles.